The Bertz CT molecular complexity index is 1300. The molecule has 0 spiro atoms. The summed E-state index contributed by atoms with van der Waals surface area (Å²) in [6, 6.07) is 21.3. The van der Waals surface area contributed by atoms with Crippen LogP contribution in [0.3, 0.4) is 0 Å². The summed E-state index contributed by atoms with van der Waals surface area (Å²) in [5.74, 6) is -0.286. The van der Waals surface area contributed by atoms with E-state index in [0.717, 1.165) is 15.7 Å². The van der Waals surface area contributed by atoms with Gasteiger partial charge >= 0.3 is 0 Å². The Kier molecular flexibility index (Phi) is 5.54. The van der Waals surface area contributed by atoms with Crippen molar-refractivity contribution in [2.24, 2.45) is 5.10 Å². The van der Waals surface area contributed by atoms with Gasteiger partial charge in [-0.3, -0.25) is 10.2 Å². The van der Waals surface area contributed by atoms with Gasteiger partial charge in [-0.15, -0.1) is 5.10 Å². The summed E-state index contributed by atoms with van der Waals surface area (Å²) in [6.45, 7) is 1.95. The largest absolute Gasteiger partial charge is 0.508 e. The zero-order valence-electron chi connectivity index (χ0n) is 16.0. The molecule has 1 amide bonds. The first kappa shape index (κ1) is 19.7. The lowest BCUT2D eigenvalue weighted by molar-refractivity contribution is 0.102. The van der Waals surface area contributed by atoms with E-state index in [-0.39, 0.29) is 22.8 Å². The van der Waals surface area contributed by atoms with Gasteiger partial charge in [0.2, 0.25) is 5.55 Å². The molecular weight excluding hydrogens is 446 g/mol. The van der Waals surface area contributed by atoms with Crippen LogP contribution < -0.4 is 16.3 Å². The first-order valence-electron chi connectivity index (χ1n) is 9.18. The predicted molar refractivity (Wildman–Crippen MR) is 120 cm³/mol. The number of amides is 1. The van der Waals surface area contributed by atoms with E-state index in [4.69, 9.17) is 4.42 Å². The topological polar surface area (TPSA) is 86.9 Å². The molecule has 0 unspecified atom stereocenters. The quantitative estimate of drug-likeness (QED) is 0.354. The Balaban J connectivity index is 1.76. The molecule has 0 saturated heterocycles. The van der Waals surface area contributed by atoms with Crippen LogP contribution in [0, 0.1) is 6.92 Å². The van der Waals surface area contributed by atoms with Crippen molar-refractivity contribution in [3.63, 3.8) is 0 Å². The molecule has 3 aromatic carbocycles. The van der Waals surface area contributed by atoms with E-state index in [9.17, 15) is 9.90 Å². The van der Waals surface area contributed by atoms with Crippen LogP contribution in [0.15, 0.2) is 86.8 Å². The van der Waals surface area contributed by atoms with E-state index in [1.807, 2.05) is 55.5 Å². The van der Waals surface area contributed by atoms with Gasteiger partial charge in [0.15, 0.2) is 0 Å². The highest BCUT2D eigenvalue weighted by molar-refractivity contribution is 9.10. The van der Waals surface area contributed by atoms with Crippen molar-refractivity contribution in [1.82, 2.24) is 0 Å². The van der Waals surface area contributed by atoms with E-state index < -0.39 is 0 Å². The Morgan fingerprint density at radius 2 is 1.80 bits per heavy atom. The highest BCUT2D eigenvalue weighted by atomic mass is 79.9. The monoisotopic (exact) mass is 463 g/mol. The molecule has 30 heavy (non-hydrogen) atoms. The summed E-state index contributed by atoms with van der Waals surface area (Å²) in [5.41, 5.74) is 6.13. The predicted octanol–water partition coefficient (Wildman–Crippen LogP) is 5.39. The minimum atomic E-state index is -0.351. The van der Waals surface area contributed by atoms with Gasteiger partial charge in [0.05, 0.1) is 5.69 Å². The SMILES string of the molecule is Cc1cccc(NC(=O)c2cc3ccc(O)cc3o/c2=N\Nc2ccc(Br)cc2)c1. The lowest BCUT2D eigenvalue weighted by Gasteiger charge is -2.08. The van der Waals surface area contributed by atoms with Crippen molar-refractivity contribution in [3.05, 3.63) is 94.0 Å². The van der Waals surface area contributed by atoms with Crippen LogP contribution in [0.2, 0.25) is 0 Å². The molecule has 7 heteroatoms. The van der Waals surface area contributed by atoms with Crippen LogP contribution >= 0.6 is 15.9 Å². The minimum Gasteiger partial charge on any atom is -0.508 e. The van der Waals surface area contributed by atoms with Crippen LogP contribution in [0.5, 0.6) is 5.75 Å². The zero-order valence-corrected chi connectivity index (χ0v) is 17.6. The van der Waals surface area contributed by atoms with Gasteiger partial charge in [0.1, 0.15) is 16.9 Å². The number of anilines is 2. The minimum absolute atomic E-state index is 0.0648. The molecule has 0 radical (unpaired) electrons. The summed E-state index contributed by atoms with van der Waals surface area (Å²) in [5, 5.41) is 17.6. The average molecular weight is 464 g/mol. The van der Waals surface area contributed by atoms with Crippen molar-refractivity contribution >= 4 is 44.2 Å². The summed E-state index contributed by atoms with van der Waals surface area (Å²) < 4.78 is 6.78. The summed E-state index contributed by atoms with van der Waals surface area (Å²) in [7, 11) is 0. The molecule has 0 bridgehead atoms. The Morgan fingerprint density at radius 1 is 1.00 bits per heavy atom. The molecule has 0 saturated carbocycles. The maximum atomic E-state index is 13.0. The molecule has 0 aliphatic carbocycles. The molecule has 0 atom stereocenters. The van der Waals surface area contributed by atoms with Crippen molar-refractivity contribution in [3.8, 4) is 5.75 Å². The van der Waals surface area contributed by atoms with Gasteiger partial charge < -0.3 is 14.8 Å². The summed E-state index contributed by atoms with van der Waals surface area (Å²) in [6.07, 6.45) is 0. The molecule has 6 nitrogen and oxygen atoms in total. The third-order valence-electron chi connectivity index (χ3n) is 4.39. The summed E-state index contributed by atoms with van der Waals surface area (Å²) in [4.78, 5) is 13.0. The van der Waals surface area contributed by atoms with Crippen LogP contribution in [-0.2, 0) is 0 Å². The molecule has 0 aliphatic heterocycles. The van der Waals surface area contributed by atoms with E-state index in [0.29, 0.717) is 16.7 Å². The van der Waals surface area contributed by atoms with Gasteiger partial charge in [-0.05, 0) is 67.1 Å². The van der Waals surface area contributed by atoms with Crippen LogP contribution in [0.1, 0.15) is 15.9 Å². The third-order valence-corrected chi connectivity index (χ3v) is 4.91. The molecule has 0 aliphatic rings. The van der Waals surface area contributed by atoms with Crippen molar-refractivity contribution in [2.75, 3.05) is 10.7 Å². The number of hydrogen-bond acceptors (Lipinski definition) is 5. The number of carbonyl (C=O) groups excluding carboxylic acids is 1. The maximum absolute atomic E-state index is 13.0. The number of rotatable bonds is 4. The maximum Gasteiger partial charge on any atom is 0.261 e. The van der Waals surface area contributed by atoms with Crippen molar-refractivity contribution in [1.29, 1.82) is 0 Å². The number of phenols is 1. The molecule has 1 aromatic heterocycles. The Hall–Kier alpha value is -3.58. The number of halogens is 1. The number of aromatic hydroxyl groups is 1. The lowest BCUT2D eigenvalue weighted by atomic mass is 10.1. The first-order valence-corrected chi connectivity index (χ1v) is 9.97. The highest BCUT2D eigenvalue weighted by Gasteiger charge is 2.14. The number of fused-ring (bicyclic) bond motifs is 1. The Morgan fingerprint density at radius 3 is 2.57 bits per heavy atom. The fraction of sp³-hybridized carbons (Fsp3) is 0.0435. The number of carbonyl (C=O) groups is 1. The molecule has 4 rings (SSSR count). The fourth-order valence-corrected chi connectivity index (χ4v) is 3.18. The first-order chi connectivity index (χ1) is 14.5. The third kappa shape index (κ3) is 4.52. The van der Waals surface area contributed by atoms with Gasteiger partial charge in [-0.2, -0.15) is 0 Å². The number of hydrogen-bond donors (Lipinski definition) is 3. The highest BCUT2D eigenvalue weighted by Crippen LogP contribution is 2.20. The standard InChI is InChI=1S/C23H18BrN3O3/c1-14-3-2-4-18(11-14)25-22(29)20-12-15-5-10-19(28)13-21(15)30-23(20)27-26-17-8-6-16(24)7-9-17/h2-13,26,28H,1H3,(H,25,29)/b27-23-. The van der Waals surface area contributed by atoms with Gasteiger partial charge in [-0.25, -0.2) is 0 Å². The normalized spacial score (nSPS) is 11.5. The van der Waals surface area contributed by atoms with E-state index >= 15 is 0 Å². The van der Waals surface area contributed by atoms with Gasteiger partial charge in [-0.1, -0.05) is 28.1 Å². The zero-order chi connectivity index (χ0) is 21.1. The summed E-state index contributed by atoms with van der Waals surface area (Å²) >= 11 is 3.39. The smallest absolute Gasteiger partial charge is 0.261 e. The van der Waals surface area contributed by atoms with Crippen molar-refractivity contribution < 1.29 is 14.3 Å². The van der Waals surface area contributed by atoms with Crippen LogP contribution in [0.4, 0.5) is 11.4 Å². The average Bonchev–Trinajstić information content (AvgIpc) is 2.72. The number of nitrogens with zero attached hydrogens (tertiary/aromatic N) is 1. The van der Waals surface area contributed by atoms with Crippen LogP contribution in [0.25, 0.3) is 11.0 Å². The molecule has 0 fully saturated rings. The molecule has 1 heterocycles. The second-order valence-electron chi connectivity index (χ2n) is 6.74. The van der Waals surface area contributed by atoms with E-state index in [1.54, 1.807) is 12.1 Å². The number of aryl methyl sites for hydroxylation is 1. The van der Waals surface area contributed by atoms with Crippen LogP contribution in [-0.4, -0.2) is 11.0 Å². The van der Waals surface area contributed by atoms with Crippen molar-refractivity contribution in [2.45, 2.75) is 6.92 Å². The second-order valence-corrected chi connectivity index (χ2v) is 7.66. The van der Waals surface area contributed by atoms with Gasteiger partial charge in [0.25, 0.3) is 5.91 Å². The Labute approximate surface area is 181 Å². The van der Waals surface area contributed by atoms with Gasteiger partial charge in [0, 0.05) is 21.6 Å². The molecule has 4 aromatic rings. The fourth-order valence-electron chi connectivity index (χ4n) is 2.91. The molecule has 150 valence electrons. The van der Waals surface area contributed by atoms with E-state index in [2.05, 4.69) is 31.8 Å². The number of nitrogens with one attached hydrogen (secondary N) is 2. The lowest BCUT2D eigenvalue weighted by Crippen LogP contribution is -2.22. The second kappa shape index (κ2) is 8.42. The number of benzene rings is 3. The van der Waals surface area contributed by atoms with E-state index in [1.165, 1.54) is 12.1 Å². The molecular formula is C23H18BrN3O3. The molecule has 3 N–H and O–H groups in total. The number of phenolic OH excluding ortho intramolecular Hbond substituents is 1.